The second-order valence-corrected chi connectivity index (χ2v) is 9.36. The van der Waals surface area contributed by atoms with Gasteiger partial charge in [-0.3, -0.25) is 0 Å². The molecule has 0 saturated heterocycles. The van der Waals surface area contributed by atoms with Crippen LogP contribution in [0.25, 0.3) is 10.2 Å². The Morgan fingerprint density at radius 3 is 2.64 bits per heavy atom. The van der Waals surface area contributed by atoms with Crippen molar-refractivity contribution in [3.05, 3.63) is 23.2 Å². The number of nitrogens with zero attached hydrogens (tertiary/aromatic N) is 1. The molecule has 1 heterocycles. The maximum absolute atomic E-state index is 12.3. The van der Waals surface area contributed by atoms with Crippen LogP contribution in [0.4, 0.5) is 0 Å². The van der Waals surface area contributed by atoms with Crippen molar-refractivity contribution in [1.29, 1.82) is 0 Å². The zero-order chi connectivity index (χ0) is 16.5. The Hall–Kier alpha value is -1.02. The van der Waals surface area contributed by atoms with Crippen LogP contribution in [0.1, 0.15) is 39.1 Å². The van der Waals surface area contributed by atoms with Crippen LogP contribution in [0.5, 0.6) is 0 Å². The summed E-state index contributed by atoms with van der Waals surface area (Å²) in [6.07, 6.45) is 0.607. The quantitative estimate of drug-likeness (QED) is 0.875. The molecule has 0 aliphatic carbocycles. The van der Waals surface area contributed by atoms with Crippen LogP contribution in [0.15, 0.2) is 23.1 Å². The van der Waals surface area contributed by atoms with Gasteiger partial charge in [-0.2, -0.15) is 0 Å². The van der Waals surface area contributed by atoms with Crippen molar-refractivity contribution in [2.75, 3.05) is 6.54 Å². The van der Waals surface area contributed by atoms with Gasteiger partial charge in [-0.15, -0.1) is 11.3 Å². The standard InChI is InChI=1S/C15H23N3O2S2/c1-10(16)7-8-17-22(19,20)11-5-6-12-13(9-11)21-14(18-12)15(2,3)4/h5-6,9-10,17H,7-8,16H2,1-4H3. The molecule has 22 heavy (non-hydrogen) atoms. The summed E-state index contributed by atoms with van der Waals surface area (Å²) in [7, 11) is -3.50. The monoisotopic (exact) mass is 341 g/mol. The molecule has 2 aromatic rings. The second kappa shape index (κ2) is 6.23. The van der Waals surface area contributed by atoms with Gasteiger partial charge in [0.15, 0.2) is 0 Å². The molecule has 1 unspecified atom stereocenters. The normalized spacial score (nSPS) is 14.4. The van der Waals surface area contributed by atoms with Crippen LogP contribution in [0, 0.1) is 0 Å². The van der Waals surface area contributed by atoms with E-state index in [4.69, 9.17) is 5.73 Å². The Labute approximate surface area is 136 Å². The zero-order valence-electron chi connectivity index (χ0n) is 13.4. The summed E-state index contributed by atoms with van der Waals surface area (Å²) in [4.78, 5) is 4.85. The highest BCUT2D eigenvalue weighted by atomic mass is 32.2. The van der Waals surface area contributed by atoms with Gasteiger partial charge in [-0.05, 0) is 31.5 Å². The first-order chi connectivity index (χ1) is 10.1. The van der Waals surface area contributed by atoms with Crippen LogP contribution in [0.2, 0.25) is 0 Å². The second-order valence-electron chi connectivity index (χ2n) is 6.56. The zero-order valence-corrected chi connectivity index (χ0v) is 15.0. The molecule has 0 spiro atoms. The number of rotatable bonds is 5. The third-order valence-electron chi connectivity index (χ3n) is 3.20. The van der Waals surface area contributed by atoms with E-state index in [1.54, 1.807) is 18.2 Å². The van der Waals surface area contributed by atoms with E-state index in [2.05, 4.69) is 30.5 Å². The van der Waals surface area contributed by atoms with Crippen molar-refractivity contribution in [3.63, 3.8) is 0 Å². The van der Waals surface area contributed by atoms with Gasteiger partial charge in [0.25, 0.3) is 0 Å². The Kier molecular flexibility index (Phi) is 4.91. The SMILES string of the molecule is CC(N)CCNS(=O)(=O)c1ccc2nc(C(C)(C)C)sc2c1. The summed E-state index contributed by atoms with van der Waals surface area (Å²) in [6, 6.07) is 5.03. The number of nitrogens with one attached hydrogen (secondary N) is 1. The molecule has 0 fully saturated rings. The van der Waals surface area contributed by atoms with E-state index in [0.29, 0.717) is 13.0 Å². The van der Waals surface area contributed by atoms with Crippen LogP contribution in [-0.2, 0) is 15.4 Å². The molecule has 1 aromatic heterocycles. The molecule has 0 bridgehead atoms. The van der Waals surface area contributed by atoms with E-state index in [-0.39, 0.29) is 16.4 Å². The maximum atomic E-state index is 12.3. The molecule has 0 aliphatic rings. The summed E-state index contributed by atoms with van der Waals surface area (Å²) in [5.41, 5.74) is 6.43. The van der Waals surface area contributed by atoms with Gasteiger partial charge >= 0.3 is 0 Å². The minimum absolute atomic E-state index is 0.0268. The number of thiazole rings is 1. The lowest BCUT2D eigenvalue weighted by molar-refractivity contribution is 0.572. The average Bonchev–Trinajstić information content (AvgIpc) is 2.80. The summed E-state index contributed by atoms with van der Waals surface area (Å²) >= 11 is 1.54. The molecule has 0 aliphatic heterocycles. The Balaban J connectivity index is 2.28. The number of nitrogens with two attached hydrogens (primary N) is 1. The summed E-state index contributed by atoms with van der Waals surface area (Å²) in [5, 5.41) is 1.00. The van der Waals surface area contributed by atoms with Gasteiger partial charge < -0.3 is 5.73 Å². The van der Waals surface area contributed by atoms with E-state index in [1.165, 1.54) is 11.3 Å². The average molecular weight is 342 g/mol. The van der Waals surface area contributed by atoms with Gasteiger partial charge in [0.05, 0.1) is 20.1 Å². The lowest BCUT2D eigenvalue weighted by atomic mass is 9.98. The molecular formula is C15H23N3O2S2. The van der Waals surface area contributed by atoms with Gasteiger partial charge in [0, 0.05) is 18.0 Å². The Bertz CT molecular complexity index is 759. The van der Waals surface area contributed by atoms with Crippen LogP contribution >= 0.6 is 11.3 Å². The number of sulfonamides is 1. The highest BCUT2D eigenvalue weighted by Crippen LogP contribution is 2.32. The van der Waals surface area contributed by atoms with E-state index in [9.17, 15) is 8.42 Å². The molecule has 0 radical (unpaired) electrons. The molecule has 122 valence electrons. The predicted molar refractivity (Wildman–Crippen MR) is 91.8 cm³/mol. The highest BCUT2D eigenvalue weighted by molar-refractivity contribution is 7.89. The first-order valence-corrected chi connectivity index (χ1v) is 9.56. The first-order valence-electron chi connectivity index (χ1n) is 7.26. The summed E-state index contributed by atoms with van der Waals surface area (Å²) < 4.78 is 28.1. The van der Waals surface area contributed by atoms with Crippen LogP contribution < -0.4 is 10.5 Å². The van der Waals surface area contributed by atoms with Gasteiger partial charge in [0.2, 0.25) is 10.0 Å². The minimum atomic E-state index is -3.50. The molecule has 7 heteroatoms. The van der Waals surface area contributed by atoms with E-state index in [0.717, 1.165) is 15.2 Å². The Morgan fingerprint density at radius 2 is 2.05 bits per heavy atom. The van der Waals surface area contributed by atoms with Gasteiger partial charge in [0.1, 0.15) is 0 Å². The molecule has 1 atom stereocenters. The maximum Gasteiger partial charge on any atom is 0.240 e. The summed E-state index contributed by atoms with van der Waals surface area (Å²) in [5.74, 6) is 0. The predicted octanol–water partition coefficient (Wildman–Crippen LogP) is 2.61. The number of benzene rings is 1. The molecule has 0 saturated carbocycles. The third-order valence-corrected chi connectivity index (χ3v) is 6.11. The molecule has 3 N–H and O–H groups in total. The topological polar surface area (TPSA) is 85.1 Å². The van der Waals surface area contributed by atoms with Crippen LogP contribution in [0.3, 0.4) is 0 Å². The highest BCUT2D eigenvalue weighted by Gasteiger charge is 2.20. The number of aromatic nitrogens is 1. The molecule has 1 aromatic carbocycles. The Morgan fingerprint density at radius 1 is 1.36 bits per heavy atom. The first kappa shape index (κ1) is 17.3. The molecule has 2 rings (SSSR count). The van der Waals surface area contributed by atoms with Crippen molar-refractivity contribution in [1.82, 2.24) is 9.71 Å². The number of hydrogen-bond donors (Lipinski definition) is 2. The van der Waals surface area contributed by atoms with Crippen molar-refractivity contribution in [2.45, 2.75) is 50.5 Å². The smallest absolute Gasteiger partial charge is 0.240 e. The minimum Gasteiger partial charge on any atom is -0.328 e. The van der Waals surface area contributed by atoms with Crippen molar-refractivity contribution in [2.24, 2.45) is 5.73 Å². The molecule has 0 amide bonds. The van der Waals surface area contributed by atoms with E-state index >= 15 is 0 Å². The van der Waals surface area contributed by atoms with Crippen molar-refractivity contribution < 1.29 is 8.42 Å². The largest absolute Gasteiger partial charge is 0.328 e. The lowest BCUT2D eigenvalue weighted by Crippen LogP contribution is -2.29. The fraction of sp³-hybridized carbons (Fsp3) is 0.533. The van der Waals surface area contributed by atoms with E-state index in [1.807, 2.05) is 6.92 Å². The van der Waals surface area contributed by atoms with Gasteiger partial charge in [-0.25, -0.2) is 18.1 Å². The van der Waals surface area contributed by atoms with Crippen LogP contribution in [-0.4, -0.2) is 26.0 Å². The van der Waals surface area contributed by atoms with E-state index < -0.39 is 10.0 Å². The number of hydrogen-bond acceptors (Lipinski definition) is 5. The molecular weight excluding hydrogens is 318 g/mol. The number of fused-ring (bicyclic) bond motifs is 1. The lowest BCUT2D eigenvalue weighted by Gasteiger charge is -2.13. The van der Waals surface area contributed by atoms with Crippen molar-refractivity contribution >= 4 is 31.6 Å². The van der Waals surface area contributed by atoms with Gasteiger partial charge in [-0.1, -0.05) is 20.8 Å². The molecule has 5 nitrogen and oxygen atoms in total. The fourth-order valence-electron chi connectivity index (χ4n) is 1.90. The summed E-state index contributed by atoms with van der Waals surface area (Å²) in [6.45, 7) is 8.48. The third kappa shape index (κ3) is 4.04. The van der Waals surface area contributed by atoms with Crippen molar-refractivity contribution in [3.8, 4) is 0 Å². The fourth-order valence-corrected chi connectivity index (χ4v) is 4.11.